The van der Waals surface area contributed by atoms with Crippen molar-refractivity contribution >= 4 is 51.6 Å². The zero-order chi connectivity index (χ0) is 20.1. The molecule has 1 saturated heterocycles. The summed E-state index contributed by atoms with van der Waals surface area (Å²) >= 11 is 1.58. The van der Waals surface area contributed by atoms with E-state index in [4.69, 9.17) is 5.73 Å². The monoisotopic (exact) mass is 446 g/mol. The summed E-state index contributed by atoms with van der Waals surface area (Å²) < 4.78 is 5.92. The second kappa shape index (κ2) is 10.6. The molecule has 160 valence electrons. The number of halogens is 1. The Morgan fingerprint density at radius 2 is 1.90 bits per heavy atom. The van der Waals surface area contributed by atoms with Crippen LogP contribution in [0.25, 0.3) is 10.1 Å². The van der Waals surface area contributed by atoms with Crippen molar-refractivity contribution in [3.63, 3.8) is 0 Å². The van der Waals surface area contributed by atoms with Gasteiger partial charge in [-0.2, -0.15) is 4.37 Å². The Bertz CT molecular complexity index is 973. The lowest BCUT2D eigenvalue weighted by atomic mass is 10.2. The van der Waals surface area contributed by atoms with E-state index in [0.717, 1.165) is 51.4 Å². The minimum atomic E-state index is -0.153. The normalized spacial score (nSPS) is 14.5. The zero-order valence-electron chi connectivity index (χ0n) is 16.8. The number of unbranched alkanes of at least 4 members (excludes halogenated alkanes) is 1. The van der Waals surface area contributed by atoms with Gasteiger partial charge in [-0.25, -0.2) is 4.98 Å². The van der Waals surface area contributed by atoms with Gasteiger partial charge < -0.3 is 16.0 Å². The molecule has 1 aromatic carbocycles. The molecule has 30 heavy (non-hydrogen) atoms. The van der Waals surface area contributed by atoms with Gasteiger partial charge in [-0.1, -0.05) is 12.1 Å². The van der Waals surface area contributed by atoms with Gasteiger partial charge in [-0.3, -0.25) is 9.69 Å². The third kappa shape index (κ3) is 5.19. The van der Waals surface area contributed by atoms with Crippen LogP contribution in [0.4, 0.5) is 11.6 Å². The number of aromatic nitrogens is 2. The fourth-order valence-electron chi connectivity index (χ4n) is 3.65. The molecule has 3 aromatic rings. The van der Waals surface area contributed by atoms with Gasteiger partial charge in [0.1, 0.15) is 11.6 Å². The number of piperazine rings is 1. The third-order valence-corrected chi connectivity index (χ3v) is 6.12. The summed E-state index contributed by atoms with van der Waals surface area (Å²) in [5.74, 6) is 1.25. The van der Waals surface area contributed by atoms with E-state index in [1.807, 2.05) is 0 Å². The number of anilines is 2. The number of nitrogens with zero attached hydrogens (tertiary/aromatic N) is 4. The van der Waals surface area contributed by atoms with Crippen molar-refractivity contribution in [3.8, 4) is 0 Å². The molecule has 9 heteroatoms. The number of hydrogen-bond acceptors (Lipinski definition) is 7. The van der Waals surface area contributed by atoms with Crippen molar-refractivity contribution < 1.29 is 4.79 Å². The van der Waals surface area contributed by atoms with Crippen LogP contribution in [-0.2, 0) is 0 Å². The van der Waals surface area contributed by atoms with Gasteiger partial charge >= 0.3 is 0 Å². The number of carbonyl (C=O) groups excluding carboxylic acids is 1. The molecule has 2 aromatic heterocycles. The van der Waals surface area contributed by atoms with Crippen molar-refractivity contribution in [2.75, 3.05) is 49.9 Å². The first-order chi connectivity index (χ1) is 14.2. The molecule has 0 saturated carbocycles. The predicted molar refractivity (Wildman–Crippen MR) is 126 cm³/mol. The Morgan fingerprint density at radius 1 is 1.10 bits per heavy atom. The Hall–Kier alpha value is -2.42. The molecule has 0 radical (unpaired) electrons. The van der Waals surface area contributed by atoms with Crippen LogP contribution < -0.4 is 16.0 Å². The largest absolute Gasteiger partial charge is 0.383 e. The number of nitrogen functional groups attached to an aromatic ring is 1. The summed E-state index contributed by atoms with van der Waals surface area (Å²) in [7, 11) is 0. The lowest BCUT2D eigenvalue weighted by molar-refractivity contribution is 0.0953. The number of rotatable bonds is 7. The van der Waals surface area contributed by atoms with E-state index in [9.17, 15) is 4.79 Å². The molecule has 0 aliphatic carbocycles. The van der Waals surface area contributed by atoms with E-state index < -0.39 is 0 Å². The van der Waals surface area contributed by atoms with Crippen molar-refractivity contribution in [2.24, 2.45) is 0 Å². The maximum Gasteiger partial charge on any atom is 0.255 e. The standard InChI is InChI=1S/C21H26N6OS.ClH/c22-19-17(7-5-10-23-19)21(28)24-9-3-4-11-26-12-14-27(15-13-26)20-16-6-1-2-8-18(16)29-25-20;/h1-2,5-8,10H,3-4,9,11-15H2,(H2,22,23)(H,24,28);1H. The lowest BCUT2D eigenvalue weighted by Gasteiger charge is -2.35. The highest BCUT2D eigenvalue weighted by atomic mass is 35.5. The van der Waals surface area contributed by atoms with Crippen molar-refractivity contribution in [3.05, 3.63) is 48.2 Å². The quantitative estimate of drug-likeness (QED) is 0.542. The van der Waals surface area contributed by atoms with Crippen molar-refractivity contribution in [1.82, 2.24) is 19.6 Å². The number of nitrogens with two attached hydrogens (primary N) is 1. The fourth-order valence-corrected chi connectivity index (χ4v) is 4.45. The molecule has 1 amide bonds. The highest BCUT2D eigenvalue weighted by Crippen LogP contribution is 2.29. The summed E-state index contributed by atoms with van der Waals surface area (Å²) in [4.78, 5) is 21.0. The van der Waals surface area contributed by atoms with Gasteiger partial charge in [0.05, 0.1) is 10.3 Å². The average Bonchev–Trinajstić information content (AvgIpc) is 3.18. The molecule has 4 rings (SSSR count). The Labute approximate surface area is 186 Å². The summed E-state index contributed by atoms with van der Waals surface area (Å²) in [6.45, 7) is 5.80. The van der Waals surface area contributed by atoms with Gasteiger partial charge in [0, 0.05) is 44.3 Å². The number of carbonyl (C=O) groups is 1. The maximum absolute atomic E-state index is 12.1. The molecule has 3 heterocycles. The van der Waals surface area contributed by atoms with E-state index in [0.29, 0.717) is 12.1 Å². The smallest absolute Gasteiger partial charge is 0.255 e. The SMILES string of the molecule is Cl.Nc1ncccc1C(=O)NCCCCN1CCN(c2nsc3ccccc23)CC1. The Morgan fingerprint density at radius 3 is 2.70 bits per heavy atom. The van der Waals surface area contributed by atoms with Gasteiger partial charge in [0.15, 0.2) is 0 Å². The molecule has 1 aliphatic heterocycles. The van der Waals surface area contributed by atoms with Crippen LogP contribution in [-0.4, -0.2) is 59.4 Å². The molecule has 0 unspecified atom stereocenters. The summed E-state index contributed by atoms with van der Waals surface area (Å²) in [5.41, 5.74) is 6.18. The second-order valence-corrected chi connectivity index (χ2v) is 8.04. The Kier molecular flexibility index (Phi) is 7.84. The van der Waals surface area contributed by atoms with Crippen molar-refractivity contribution in [1.29, 1.82) is 0 Å². The number of amides is 1. The van der Waals surface area contributed by atoms with Crippen LogP contribution in [0.1, 0.15) is 23.2 Å². The molecule has 7 nitrogen and oxygen atoms in total. The molecule has 3 N–H and O–H groups in total. The fraction of sp³-hybridized carbons (Fsp3) is 0.381. The summed E-state index contributed by atoms with van der Waals surface area (Å²) in [6.07, 6.45) is 3.59. The number of pyridine rings is 1. The van der Waals surface area contributed by atoms with Gasteiger partial charge in [-0.15, -0.1) is 12.4 Å². The van der Waals surface area contributed by atoms with Crippen LogP contribution in [0.2, 0.25) is 0 Å². The maximum atomic E-state index is 12.1. The van der Waals surface area contributed by atoms with Crippen LogP contribution >= 0.6 is 23.9 Å². The van der Waals surface area contributed by atoms with E-state index in [2.05, 4.69) is 48.7 Å². The zero-order valence-corrected chi connectivity index (χ0v) is 18.4. The first-order valence-electron chi connectivity index (χ1n) is 10.0. The molecule has 1 fully saturated rings. The average molecular weight is 447 g/mol. The van der Waals surface area contributed by atoms with Crippen LogP contribution in [0.3, 0.4) is 0 Å². The van der Waals surface area contributed by atoms with Gasteiger partial charge in [0.25, 0.3) is 5.91 Å². The first-order valence-corrected chi connectivity index (χ1v) is 10.8. The number of benzene rings is 1. The summed E-state index contributed by atoms with van der Waals surface area (Å²) in [5, 5.41) is 4.19. The molecule has 0 bridgehead atoms. The third-order valence-electron chi connectivity index (χ3n) is 5.30. The number of nitrogens with one attached hydrogen (secondary N) is 1. The highest BCUT2D eigenvalue weighted by molar-refractivity contribution is 7.13. The summed E-state index contributed by atoms with van der Waals surface area (Å²) in [6, 6.07) is 11.9. The molecule has 1 aliphatic rings. The molecular weight excluding hydrogens is 420 g/mol. The van der Waals surface area contributed by atoms with Crippen LogP contribution in [0.5, 0.6) is 0 Å². The van der Waals surface area contributed by atoms with E-state index in [-0.39, 0.29) is 24.1 Å². The molecular formula is C21H27ClN6OS. The lowest BCUT2D eigenvalue weighted by Crippen LogP contribution is -2.46. The highest BCUT2D eigenvalue weighted by Gasteiger charge is 2.20. The van der Waals surface area contributed by atoms with Crippen LogP contribution in [0.15, 0.2) is 42.6 Å². The second-order valence-electron chi connectivity index (χ2n) is 7.23. The van der Waals surface area contributed by atoms with E-state index in [1.165, 1.54) is 10.1 Å². The topological polar surface area (TPSA) is 87.4 Å². The van der Waals surface area contributed by atoms with Crippen molar-refractivity contribution in [2.45, 2.75) is 12.8 Å². The van der Waals surface area contributed by atoms with Gasteiger partial charge in [0.2, 0.25) is 0 Å². The van der Waals surface area contributed by atoms with Crippen LogP contribution in [0, 0.1) is 0 Å². The number of hydrogen-bond donors (Lipinski definition) is 2. The predicted octanol–water partition coefficient (Wildman–Crippen LogP) is 3.03. The minimum absolute atomic E-state index is 0. The van der Waals surface area contributed by atoms with Gasteiger partial charge in [-0.05, 0) is 55.2 Å². The van der Waals surface area contributed by atoms with E-state index in [1.54, 1.807) is 29.9 Å². The first kappa shape index (κ1) is 22.3. The molecule has 0 atom stereocenters. The number of fused-ring (bicyclic) bond motifs is 1. The Balaban J connectivity index is 0.00000256. The molecule has 0 spiro atoms. The van der Waals surface area contributed by atoms with E-state index >= 15 is 0 Å². The minimum Gasteiger partial charge on any atom is -0.383 e.